The molecule has 0 aliphatic carbocycles. The SMILES string of the molecule is CCn1cc(S(=O)(=O)N2CC(C)OC(CN)C2)nc1C. The van der Waals surface area contributed by atoms with Crippen LogP contribution in [0.3, 0.4) is 0 Å². The Morgan fingerprint density at radius 3 is 2.75 bits per heavy atom. The van der Waals surface area contributed by atoms with Crippen molar-refractivity contribution < 1.29 is 13.2 Å². The molecule has 2 rings (SSSR count). The van der Waals surface area contributed by atoms with Crippen LogP contribution in [-0.2, 0) is 21.3 Å². The second kappa shape index (κ2) is 5.80. The van der Waals surface area contributed by atoms with E-state index in [9.17, 15) is 8.42 Å². The van der Waals surface area contributed by atoms with Crippen LogP contribution in [0.4, 0.5) is 0 Å². The van der Waals surface area contributed by atoms with E-state index in [0.29, 0.717) is 25.5 Å². The number of aryl methyl sites for hydroxylation is 2. The molecule has 1 aromatic rings. The third-order valence-corrected chi connectivity index (χ3v) is 5.16. The van der Waals surface area contributed by atoms with Gasteiger partial charge in [0.25, 0.3) is 10.0 Å². The first-order chi connectivity index (χ1) is 9.38. The molecule has 2 N–H and O–H groups in total. The van der Waals surface area contributed by atoms with E-state index in [1.165, 1.54) is 4.31 Å². The molecule has 0 radical (unpaired) electrons. The zero-order valence-electron chi connectivity index (χ0n) is 12.1. The Bertz CT molecular complexity index is 569. The number of imidazole rings is 1. The lowest BCUT2D eigenvalue weighted by molar-refractivity contribution is -0.0486. The Morgan fingerprint density at radius 2 is 2.20 bits per heavy atom. The Morgan fingerprint density at radius 1 is 1.50 bits per heavy atom. The molecule has 8 heteroatoms. The molecule has 20 heavy (non-hydrogen) atoms. The first-order valence-corrected chi connectivity index (χ1v) is 8.22. The smallest absolute Gasteiger partial charge is 0.262 e. The summed E-state index contributed by atoms with van der Waals surface area (Å²) in [6, 6.07) is 0. The summed E-state index contributed by atoms with van der Waals surface area (Å²) in [5.74, 6) is 0.697. The fourth-order valence-electron chi connectivity index (χ4n) is 2.39. The topological polar surface area (TPSA) is 90.5 Å². The first kappa shape index (κ1) is 15.4. The summed E-state index contributed by atoms with van der Waals surface area (Å²) in [7, 11) is -3.58. The van der Waals surface area contributed by atoms with E-state index in [0.717, 1.165) is 0 Å². The van der Waals surface area contributed by atoms with Gasteiger partial charge in [-0.05, 0) is 20.8 Å². The van der Waals surface area contributed by atoms with Crippen molar-refractivity contribution in [2.75, 3.05) is 19.6 Å². The fourth-order valence-corrected chi connectivity index (χ4v) is 3.93. The summed E-state index contributed by atoms with van der Waals surface area (Å²) in [6.07, 6.45) is 1.16. The average molecular weight is 302 g/mol. The van der Waals surface area contributed by atoms with Crippen molar-refractivity contribution in [3.05, 3.63) is 12.0 Å². The van der Waals surface area contributed by atoms with Gasteiger partial charge in [-0.15, -0.1) is 0 Å². The molecular formula is C12H22N4O3S. The Balaban J connectivity index is 2.29. The van der Waals surface area contributed by atoms with Gasteiger partial charge in [-0.25, -0.2) is 13.4 Å². The molecule has 2 atom stereocenters. The van der Waals surface area contributed by atoms with Crippen LogP contribution < -0.4 is 5.73 Å². The highest BCUT2D eigenvalue weighted by Crippen LogP contribution is 2.20. The number of rotatable bonds is 4. The average Bonchev–Trinajstić information content (AvgIpc) is 2.79. The van der Waals surface area contributed by atoms with Crippen LogP contribution in [0.1, 0.15) is 19.7 Å². The minimum absolute atomic E-state index is 0.0988. The number of nitrogens with two attached hydrogens (primary N) is 1. The molecule has 2 heterocycles. The van der Waals surface area contributed by atoms with Gasteiger partial charge in [0.15, 0.2) is 5.03 Å². The van der Waals surface area contributed by atoms with E-state index in [1.807, 2.05) is 18.4 Å². The highest BCUT2D eigenvalue weighted by Gasteiger charge is 2.34. The van der Waals surface area contributed by atoms with Gasteiger partial charge in [0, 0.05) is 32.4 Å². The minimum atomic E-state index is -3.58. The second-order valence-corrected chi connectivity index (χ2v) is 6.92. The van der Waals surface area contributed by atoms with Gasteiger partial charge in [-0.3, -0.25) is 0 Å². The maximum absolute atomic E-state index is 12.6. The number of sulfonamides is 1. The molecule has 1 fully saturated rings. The van der Waals surface area contributed by atoms with Crippen molar-refractivity contribution in [2.24, 2.45) is 5.73 Å². The van der Waals surface area contributed by atoms with Crippen LogP contribution in [0, 0.1) is 6.92 Å². The van der Waals surface area contributed by atoms with Gasteiger partial charge in [-0.1, -0.05) is 0 Å². The molecular weight excluding hydrogens is 280 g/mol. The maximum atomic E-state index is 12.6. The van der Waals surface area contributed by atoms with Crippen molar-refractivity contribution in [3.8, 4) is 0 Å². The lowest BCUT2D eigenvalue weighted by Crippen LogP contribution is -2.51. The fraction of sp³-hybridized carbons (Fsp3) is 0.750. The summed E-state index contributed by atoms with van der Waals surface area (Å²) >= 11 is 0. The summed E-state index contributed by atoms with van der Waals surface area (Å²) in [6.45, 7) is 7.20. The molecule has 0 aromatic carbocycles. The number of hydrogen-bond donors (Lipinski definition) is 1. The Hall–Kier alpha value is -0.960. The molecule has 1 saturated heterocycles. The van der Waals surface area contributed by atoms with E-state index in [4.69, 9.17) is 10.5 Å². The molecule has 1 aliphatic rings. The van der Waals surface area contributed by atoms with Gasteiger partial charge in [0.2, 0.25) is 0 Å². The standard InChI is InChI=1S/C12H22N4O3S/c1-4-15-8-12(14-10(15)3)20(17,18)16-6-9(2)19-11(5-13)7-16/h8-9,11H,4-7,13H2,1-3H3. The van der Waals surface area contributed by atoms with Crippen LogP contribution in [0.5, 0.6) is 0 Å². The third kappa shape index (κ3) is 2.88. The van der Waals surface area contributed by atoms with Gasteiger partial charge < -0.3 is 15.0 Å². The highest BCUT2D eigenvalue weighted by molar-refractivity contribution is 7.89. The molecule has 1 aromatic heterocycles. The minimum Gasteiger partial charge on any atom is -0.371 e. The number of hydrogen-bond acceptors (Lipinski definition) is 5. The van der Waals surface area contributed by atoms with Crippen LogP contribution in [0.15, 0.2) is 11.2 Å². The van der Waals surface area contributed by atoms with Gasteiger partial charge in [0.1, 0.15) is 5.82 Å². The van der Waals surface area contributed by atoms with Crippen LogP contribution in [-0.4, -0.2) is 54.1 Å². The van der Waals surface area contributed by atoms with E-state index in [1.54, 1.807) is 13.1 Å². The van der Waals surface area contributed by atoms with Crippen molar-refractivity contribution in [3.63, 3.8) is 0 Å². The molecule has 0 spiro atoms. The molecule has 0 amide bonds. The lowest BCUT2D eigenvalue weighted by atomic mass is 10.2. The summed E-state index contributed by atoms with van der Waals surface area (Å²) < 4.78 is 34.1. The van der Waals surface area contributed by atoms with Crippen molar-refractivity contribution in [2.45, 2.75) is 44.5 Å². The zero-order valence-corrected chi connectivity index (χ0v) is 12.9. The maximum Gasteiger partial charge on any atom is 0.262 e. The molecule has 0 saturated carbocycles. The van der Waals surface area contributed by atoms with E-state index in [2.05, 4.69) is 4.98 Å². The molecule has 7 nitrogen and oxygen atoms in total. The Labute approximate surface area is 119 Å². The van der Waals surface area contributed by atoms with Crippen molar-refractivity contribution >= 4 is 10.0 Å². The molecule has 0 bridgehead atoms. The number of nitrogens with zero attached hydrogens (tertiary/aromatic N) is 3. The first-order valence-electron chi connectivity index (χ1n) is 6.78. The summed E-state index contributed by atoms with van der Waals surface area (Å²) in [4.78, 5) is 4.17. The predicted molar refractivity (Wildman–Crippen MR) is 74.8 cm³/mol. The van der Waals surface area contributed by atoms with Crippen LogP contribution >= 0.6 is 0 Å². The monoisotopic (exact) mass is 302 g/mol. The van der Waals surface area contributed by atoms with E-state index >= 15 is 0 Å². The van der Waals surface area contributed by atoms with Gasteiger partial charge in [-0.2, -0.15) is 4.31 Å². The normalized spacial score (nSPS) is 25.0. The van der Waals surface area contributed by atoms with Crippen molar-refractivity contribution in [1.29, 1.82) is 0 Å². The van der Waals surface area contributed by atoms with Crippen LogP contribution in [0.25, 0.3) is 0 Å². The van der Waals surface area contributed by atoms with Gasteiger partial charge in [0.05, 0.1) is 12.2 Å². The highest BCUT2D eigenvalue weighted by atomic mass is 32.2. The number of morpholine rings is 1. The molecule has 2 unspecified atom stereocenters. The Kier molecular flexibility index (Phi) is 4.48. The number of aromatic nitrogens is 2. The summed E-state index contributed by atoms with van der Waals surface area (Å²) in [5.41, 5.74) is 5.59. The van der Waals surface area contributed by atoms with E-state index < -0.39 is 10.0 Å². The van der Waals surface area contributed by atoms with Crippen LogP contribution in [0.2, 0.25) is 0 Å². The third-order valence-electron chi connectivity index (χ3n) is 3.45. The van der Waals surface area contributed by atoms with Crippen molar-refractivity contribution in [1.82, 2.24) is 13.9 Å². The summed E-state index contributed by atoms with van der Waals surface area (Å²) in [5, 5.41) is 0.0988. The van der Waals surface area contributed by atoms with E-state index in [-0.39, 0.29) is 23.8 Å². The quantitative estimate of drug-likeness (QED) is 0.842. The molecule has 1 aliphatic heterocycles. The number of ether oxygens (including phenoxy) is 1. The zero-order chi connectivity index (χ0) is 14.9. The second-order valence-electron chi connectivity index (χ2n) is 5.04. The largest absolute Gasteiger partial charge is 0.371 e. The molecule has 114 valence electrons. The lowest BCUT2D eigenvalue weighted by Gasteiger charge is -2.34. The van der Waals surface area contributed by atoms with Gasteiger partial charge >= 0.3 is 0 Å². The predicted octanol–water partition coefficient (Wildman–Crippen LogP) is -0.0519.